The molecule has 1 amide bonds. The normalized spacial score (nSPS) is 18.4. The molecule has 1 aromatic carbocycles. The topological polar surface area (TPSA) is 62.2 Å². The number of hydrogen-bond acceptors (Lipinski definition) is 3. The summed E-state index contributed by atoms with van der Waals surface area (Å²) < 4.78 is 2.09. The minimum atomic E-state index is -0.132. The summed E-state index contributed by atoms with van der Waals surface area (Å²) in [5, 5.41) is 7.36. The van der Waals surface area contributed by atoms with Crippen LogP contribution >= 0.6 is 23.8 Å². The zero-order valence-electron chi connectivity index (χ0n) is 17.5. The molecule has 0 spiro atoms. The standard InChI is InChI=1S/C23H24ClN5OS/c1-14(2)22(30)26-17-10-9-15(13-16(17)24)29-21(19-8-6-12-28(19)3)20(27-23(29)31)18-7-4-5-11-25-18/h4-14,20-21H,1-3H3,(H,26,30)(H,27,31)/t20-,21-/m1/s1. The van der Waals surface area contributed by atoms with Crippen molar-refractivity contribution in [3.8, 4) is 0 Å². The van der Waals surface area contributed by atoms with Crippen molar-refractivity contribution in [1.29, 1.82) is 0 Å². The Balaban J connectivity index is 1.74. The fourth-order valence-corrected chi connectivity index (χ4v) is 4.32. The number of nitrogens with zero attached hydrogens (tertiary/aromatic N) is 3. The van der Waals surface area contributed by atoms with Gasteiger partial charge in [0, 0.05) is 36.7 Å². The molecular formula is C23H24ClN5OS. The molecule has 6 nitrogen and oxygen atoms in total. The molecule has 1 aliphatic heterocycles. The van der Waals surface area contributed by atoms with Crippen molar-refractivity contribution >= 4 is 46.2 Å². The molecule has 0 bridgehead atoms. The fraction of sp³-hybridized carbons (Fsp3) is 0.261. The van der Waals surface area contributed by atoms with E-state index in [2.05, 4.69) is 31.2 Å². The van der Waals surface area contributed by atoms with Crippen molar-refractivity contribution in [1.82, 2.24) is 14.9 Å². The molecule has 31 heavy (non-hydrogen) atoms. The van der Waals surface area contributed by atoms with Gasteiger partial charge < -0.3 is 20.1 Å². The number of amides is 1. The van der Waals surface area contributed by atoms with Crippen LogP contribution in [0.4, 0.5) is 11.4 Å². The number of thiocarbonyl (C=S) groups is 1. The molecule has 2 N–H and O–H groups in total. The van der Waals surface area contributed by atoms with Gasteiger partial charge in [0.15, 0.2) is 5.11 Å². The minimum Gasteiger partial charge on any atom is -0.353 e. The van der Waals surface area contributed by atoms with Crippen molar-refractivity contribution < 1.29 is 4.79 Å². The summed E-state index contributed by atoms with van der Waals surface area (Å²) in [6.45, 7) is 3.68. The average molecular weight is 454 g/mol. The van der Waals surface area contributed by atoms with Gasteiger partial charge >= 0.3 is 0 Å². The first-order valence-electron chi connectivity index (χ1n) is 10.1. The lowest BCUT2D eigenvalue weighted by Crippen LogP contribution is -2.30. The number of halogens is 1. The average Bonchev–Trinajstić information content (AvgIpc) is 3.32. The van der Waals surface area contributed by atoms with Gasteiger partial charge in [0.2, 0.25) is 5.91 Å². The van der Waals surface area contributed by atoms with Gasteiger partial charge in [-0.25, -0.2) is 0 Å². The van der Waals surface area contributed by atoms with E-state index in [1.807, 2.05) is 69.6 Å². The molecule has 0 saturated carbocycles. The largest absolute Gasteiger partial charge is 0.353 e. The number of anilines is 2. The van der Waals surface area contributed by atoms with Gasteiger partial charge in [-0.1, -0.05) is 31.5 Å². The molecular weight excluding hydrogens is 430 g/mol. The highest BCUT2D eigenvalue weighted by Crippen LogP contribution is 2.42. The molecule has 0 unspecified atom stereocenters. The number of carbonyl (C=O) groups is 1. The lowest BCUT2D eigenvalue weighted by atomic mass is 10.0. The van der Waals surface area contributed by atoms with Crippen LogP contribution in [0.15, 0.2) is 60.9 Å². The minimum absolute atomic E-state index is 0.0788. The van der Waals surface area contributed by atoms with Crippen LogP contribution in [0, 0.1) is 5.92 Å². The van der Waals surface area contributed by atoms with E-state index in [0.29, 0.717) is 15.8 Å². The second kappa shape index (κ2) is 8.69. The summed E-state index contributed by atoms with van der Waals surface area (Å²) in [7, 11) is 2.02. The third-order valence-electron chi connectivity index (χ3n) is 5.40. The van der Waals surface area contributed by atoms with Gasteiger partial charge in [-0.3, -0.25) is 9.78 Å². The number of aromatic nitrogens is 2. The van der Waals surface area contributed by atoms with E-state index in [9.17, 15) is 4.79 Å². The van der Waals surface area contributed by atoms with Crippen molar-refractivity contribution in [2.24, 2.45) is 13.0 Å². The van der Waals surface area contributed by atoms with Crippen molar-refractivity contribution in [2.75, 3.05) is 10.2 Å². The molecule has 0 radical (unpaired) electrons. The first-order valence-corrected chi connectivity index (χ1v) is 10.9. The maximum Gasteiger partial charge on any atom is 0.226 e. The number of pyridine rings is 1. The Kier molecular flexibility index (Phi) is 5.98. The molecule has 8 heteroatoms. The maximum absolute atomic E-state index is 12.1. The lowest BCUT2D eigenvalue weighted by Gasteiger charge is -2.28. The number of benzene rings is 1. The van der Waals surface area contributed by atoms with Gasteiger partial charge in [-0.2, -0.15) is 0 Å². The highest BCUT2D eigenvalue weighted by atomic mass is 35.5. The molecule has 1 fully saturated rings. The summed E-state index contributed by atoms with van der Waals surface area (Å²) in [5.41, 5.74) is 3.43. The van der Waals surface area contributed by atoms with Crippen LogP contribution in [0.2, 0.25) is 5.02 Å². The van der Waals surface area contributed by atoms with Crippen molar-refractivity contribution in [3.05, 3.63) is 77.3 Å². The van der Waals surface area contributed by atoms with Crippen LogP contribution < -0.4 is 15.5 Å². The summed E-state index contributed by atoms with van der Waals surface area (Å²) >= 11 is 12.3. The molecule has 4 rings (SSSR count). The van der Waals surface area contributed by atoms with E-state index >= 15 is 0 Å². The van der Waals surface area contributed by atoms with Gasteiger partial charge in [0.05, 0.1) is 22.4 Å². The lowest BCUT2D eigenvalue weighted by molar-refractivity contribution is -0.118. The quantitative estimate of drug-likeness (QED) is 0.541. The van der Waals surface area contributed by atoms with E-state index in [1.54, 1.807) is 6.20 Å². The predicted octanol–water partition coefficient (Wildman–Crippen LogP) is 4.85. The molecule has 2 aromatic heterocycles. The molecule has 3 heterocycles. The van der Waals surface area contributed by atoms with Gasteiger partial charge in [-0.05, 0) is 54.7 Å². The Bertz CT molecular complexity index is 1110. The third kappa shape index (κ3) is 4.16. The number of aryl methyl sites for hydroxylation is 1. The van der Waals surface area contributed by atoms with Crippen LogP contribution in [0.25, 0.3) is 0 Å². The second-order valence-corrected chi connectivity index (χ2v) is 8.64. The van der Waals surface area contributed by atoms with Gasteiger partial charge in [0.1, 0.15) is 6.04 Å². The smallest absolute Gasteiger partial charge is 0.226 e. The SMILES string of the molecule is CC(C)C(=O)Nc1ccc(N2C(=S)N[C@H](c3ccccn3)[C@H]2c2cccn2C)cc1Cl. The highest BCUT2D eigenvalue weighted by molar-refractivity contribution is 7.80. The molecule has 0 aliphatic carbocycles. The summed E-state index contributed by atoms with van der Waals surface area (Å²) in [6, 6.07) is 15.3. The predicted molar refractivity (Wildman–Crippen MR) is 128 cm³/mol. The summed E-state index contributed by atoms with van der Waals surface area (Å²) in [5.74, 6) is -0.211. The summed E-state index contributed by atoms with van der Waals surface area (Å²) in [6.07, 6.45) is 3.80. The Hall–Kier alpha value is -2.90. The third-order valence-corrected chi connectivity index (χ3v) is 6.03. The Morgan fingerprint density at radius 3 is 2.65 bits per heavy atom. The number of nitrogens with one attached hydrogen (secondary N) is 2. The van der Waals surface area contributed by atoms with Crippen LogP contribution in [0.5, 0.6) is 0 Å². The number of rotatable bonds is 5. The van der Waals surface area contributed by atoms with E-state index < -0.39 is 0 Å². The van der Waals surface area contributed by atoms with E-state index in [0.717, 1.165) is 17.1 Å². The van der Waals surface area contributed by atoms with Crippen LogP contribution in [0.3, 0.4) is 0 Å². The van der Waals surface area contributed by atoms with E-state index in [-0.39, 0.29) is 23.9 Å². The van der Waals surface area contributed by atoms with E-state index in [1.165, 1.54) is 0 Å². The summed E-state index contributed by atoms with van der Waals surface area (Å²) in [4.78, 5) is 18.7. The zero-order chi connectivity index (χ0) is 22.1. The highest BCUT2D eigenvalue weighted by Gasteiger charge is 2.41. The van der Waals surface area contributed by atoms with Crippen LogP contribution in [-0.4, -0.2) is 20.6 Å². The number of hydrogen-bond donors (Lipinski definition) is 2. The first kappa shape index (κ1) is 21.3. The van der Waals surface area contributed by atoms with Crippen molar-refractivity contribution in [2.45, 2.75) is 25.9 Å². The molecule has 160 valence electrons. The fourth-order valence-electron chi connectivity index (χ4n) is 3.75. The second-order valence-electron chi connectivity index (χ2n) is 7.85. The Morgan fingerprint density at radius 2 is 2.03 bits per heavy atom. The molecule has 1 saturated heterocycles. The monoisotopic (exact) mass is 453 g/mol. The molecule has 3 aromatic rings. The zero-order valence-corrected chi connectivity index (χ0v) is 19.1. The number of carbonyl (C=O) groups excluding carboxylic acids is 1. The molecule has 2 atom stereocenters. The Morgan fingerprint density at radius 1 is 1.23 bits per heavy atom. The van der Waals surface area contributed by atoms with Crippen LogP contribution in [0.1, 0.15) is 37.3 Å². The molecule has 1 aliphatic rings. The van der Waals surface area contributed by atoms with Gasteiger partial charge in [-0.15, -0.1) is 0 Å². The first-order chi connectivity index (χ1) is 14.9. The van der Waals surface area contributed by atoms with Crippen molar-refractivity contribution in [3.63, 3.8) is 0 Å². The van der Waals surface area contributed by atoms with E-state index in [4.69, 9.17) is 23.8 Å². The van der Waals surface area contributed by atoms with Gasteiger partial charge in [0.25, 0.3) is 0 Å². The maximum atomic E-state index is 12.1. The Labute approximate surface area is 192 Å². The van der Waals surface area contributed by atoms with Crippen LogP contribution in [-0.2, 0) is 11.8 Å².